The van der Waals surface area contributed by atoms with Crippen LogP contribution in [0.1, 0.15) is 22.7 Å². The number of hydrogen-bond acceptors (Lipinski definition) is 7. The molecular weight excluding hydrogens is 462 g/mol. The molecule has 34 heavy (non-hydrogen) atoms. The average Bonchev–Trinajstić information content (AvgIpc) is 3.54. The van der Waals surface area contributed by atoms with Crippen molar-refractivity contribution in [2.24, 2.45) is 0 Å². The molecule has 0 radical (unpaired) electrons. The molecule has 2 N–H and O–H groups in total. The fourth-order valence-electron chi connectivity index (χ4n) is 4.81. The number of benzene rings is 1. The van der Waals surface area contributed by atoms with Crippen molar-refractivity contribution in [3.63, 3.8) is 0 Å². The number of nitrogens with zero attached hydrogens (tertiary/aromatic N) is 2. The molecule has 2 saturated heterocycles. The summed E-state index contributed by atoms with van der Waals surface area (Å²) in [6, 6.07) is 5.22. The first-order valence-electron chi connectivity index (χ1n) is 10.7. The third-order valence-electron chi connectivity index (χ3n) is 6.38. The number of aliphatic hydroxyl groups is 1. The Labute approximate surface area is 189 Å². The predicted molar refractivity (Wildman–Crippen MR) is 107 cm³/mol. The number of ether oxygens (including phenoxy) is 4. The number of hydrogen-bond donors (Lipinski definition) is 2. The Morgan fingerprint density at radius 1 is 1.12 bits per heavy atom. The molecule has 3 aliphatic rings. The minimum Gasteiger partial charge on any atom is -0.493 e. The van der Waals surface area contributed by atoms with Gasteiger partial charge in [-0.05, 0) is 18.2 Å². The zero-order valence-corrected chi connectivity index (χ0v) is 17.5. The van der Waals surface area contributed by atoms with E-state index in [9.17, 15) is 22.7 Å². The van der Waals surface area contributed by atoms with Gasteiger partial charge in [-0.2, -0.15) is 18.2 Å². The first-order valence-corrected chi connectivity index (χ1v) is 10.7. The summed E-state index contributed by atoms with van der Waals surface area (Å²) >= 11 is 0. The maximum absolute atomic E-state index is 14.4. The molecule has 3 aromatic rings. The smallest absolute Gasteiger partial charge is 0.418 e. The van der Waals surface area contributed by atoms with Gasteiger partial charge in [0.25, 0.3) is 6.01 Å². The lowest BCUT2D eigenvalue weighted by atomic mass is 9.93. The second-order valence-corrected chi connectivity index (χ2v) is 8.58. The summed E-state index contributed by atoms with van der Waals surface area (Å²) in [5.74, 6) is -0.816. The molecule has 0 aliphatic carbocycles. The standard InChI is InChI=1S/C22H19F4N3O5/c23-11-2-1-3-15-17(11)9(6-31-15)4-12-10(22(24,25)26)5-13-20(27-12)29-21(28-13)34-16-8-33-18-14(30)7-32-19(16)18/h1-3,5,9,14,16,18-19,30H,4,6-8H2,(H,27,28,29)/t9-,14-,16-,18-,19-/m1/s1. The fraction of sp³-hybridized carbons (Fsp3) is 0.455. The molecule has 0 bridgehead atoms. The van der Waals surface area contributed by atoms with E-state index in [2.05, 4.69) is 15.0 Å². The molecule has 0 spiro atoms. The van der Waals surface area contributed by atoms with Gasteiger partial charge in [0.15, 0.2) is 11.8 Å². The zero-order chi connectivity index (χ0) is 23.6. The maximum atomic E-state index is 14.4. The van der Waals surface area contributed by atoms with E-state index in [0.717, 1.165) is 6.07 Å². The minimum atomic E-state index is -4.68. The minimum absolute atomic E-state index is 0.0346. The summed E-state index contributed by atoms with van der Waals surface area (Å²) in [6.45, 7) is 0.310. The van der Waals surface area contributed by atoms with Gasteiger partial charge >= 0.3 is 6.18 Å². The van der Waals surface area contributed by atoms with Crippen LogP contribution in [0, 0.1) is 5.82 Å². The lowest BCUT2D eigenvalue weighted by Gasteiger charge is -2.15. The van der Waals surface area contributed by atoms with Crippen molar-refractivity contribution >= 4 is 11.2 Å². The van der Waals surface area contributed by atoms with Crippen LogP contribution in [0.15, 0.2) is 24.3 Å². The van der Waals surface area contributed by atoms with E-state index in [1.54, 1.807) is 6.07 Å². The van der Waals surface area contributed by atoms with Gasteiger partial charge in [-0.1, -0.05) is 6.07 Å². The molecule has 1 aromatic carbocycles. The SMILES string of the molecule is O[C@@H]1CO[C@H]2[C@@H]1OC[C@H]2Oc1nc2nc(C[C@@H]3COc4cccc(F)c43)c(C(F)(F)F)cc2[nH]1. The monoisotopic (exact) mass is 481 g/mol. The van der Waals surface area contributed by atoms with Gasteiger partial charge in [0.1, 0.15) is 29.9 Å². The van der Waals surface area contributed by atoms with E-state index in [1.807, 2.05) is 0 Å². The van der Waals surface area contributed by atoms with Crippen molar-refractivity contribution in [1.29, 1.82) is 0 Å². The highest BCUT2D eigenvalue weighted by Crippen LogP contribution is 2.40. The highest BCUT2D eigenvalue weighted by atomic mass is 19.4. The number of alkyl halides is 3. The highest BCUT2D eigenvalue weighted by molar-refractivity contribution is 5.73. The third kappa shape index (κ3) is 3.56. The molecule has 5 heterocycles. The van der Waals surface area contributed by atoms with Crippen LogP contribution in [-0.2, 0) is 22.1 Å². The van der Waals surface area contributed by atoms with Crippen molar-refractivity contribution in [2.75, 3.05) is 19.8 Å². The van der Waals surface area contributed by atoms with Crippen LogP contribution in [0.3, 0.4) is 0 Å². The Bertz CT molecular complexity index is 1250. The van der Waals surface area contributed by atoms with E-state index in [-0.39, 0.29) is 54.7 Å². The van der Waals surface area contributed by atoms with Crippen LogP contribution < -0.4 is 9.47 Å². The average molecular weight is 481 g/mol. The quantitative estimate of drug-likeness (QED) is 0.553. The molecule has 12 heteroatoms. The van der Waals surface area contributed by atoms with Gasteiger partial charge in [-0.25, -0.2) is 9.37 Å². The number of imidazole rings is 1. The van der Waals surface area contributed by atoms with Gasteiger partial charge in [-0.15, -0.1) is 0 Å². The molecule has 5 atom stereocenters. The number of aliphatic hydroxyl groups excluding tert-OH is 1. The second kappa shape index (κ2) is 7.79. The number of rotatable bonds is 4. The van der Waals surface area contributed by atoms with Gasteiger partial charge in [0, 0.05) is 17.9 Å². The summed E-state index contributed by atoms with van der Waals surface area (Å²) in [5.41, 5.74) is -0.865. The van der Waals surface area contributed by atoms with E-state index in [1.165, 1.54) is 12.1 Å². The van der Waals surface area contributed by atoms with Crippen LogP contribution in [-0.4, -0.2) is 64.3 Å². The highest BCUT2D eigenvalue weighted by Gasteiger charge is 2.48. The molecule has 0 amide bonds. The van der Waals surface area contributed by atoms with Gasteiger partial charge < -0.3 is 29.0 Å². The summed E-state index contributed by atoms with van der Waals surface area (Å²) in [6.07, 6.45) is -7.22. The molecule has 2 aromatic heterocycles. The number of pyridine rings is 1. The van der Waals surface area contributed by atoms with E-state index in [4.69, 9.17) is 18.9 Å². The van der Waals surface area contributed by atoms with Crippen LogP contribution >= 0.6 is 0 Å². The van der Waals surface area contributed by atoms with Crippen molar-refractivity contribution in [2.45, 2.75) is 42.9 Å². The predicted octanol–water partition coefficient (Wildman–Crippen LogP) is 2.74. The molecule has 2 fully saturated rings. The summed E-state index contributed by atoms with van der Waals surface area (Å²) in [4.78, 5) is 11.1. The van der Waals surface area contributed by atoms with Crippen LogP contribution in [0.25, 0.3) is 11.2 Å². The number of aromatic nitrogens is 3. The first kappa shape index (κ1) is 21.6. The molecule has 180 valence electrons. The van der Waals surface area contributed by atoms with Crippen molar-refractivity contribution in [3.8, 4) is 11.8 Å². The number of H-pyrrole nitrogens is 1. The molecule has 0 unspecified atom stereocenters. The van der Waals surface area contributed by atoms with Crippen LogP contribution in [0.2, 0.25) is 0 Å². The third-order valence-corrected chi connectivity index (χ3v) is 6.38. The Morgan fingerprint density at radius 2 is 1.94 bits per heavy atom. The fourth-order valence-corrected chi connectivity index (χ4v) is 4.81. The Kier molecular flexibility index (Phi) is 4.94. The summed E-state index contributed by atoms with van der Waals surface area (Å²) < 4.78 is 78.2. The molecule has 8 nitrogen and oxygen atoms in total. The van der Waals surface area contributed by atoms with E-state index in [0.29, 0.717) is 5.75 Å². The first-order chi connectivity index (χ1) is 16.3. The largest absolute Gasteiger partial charge is 0.493 e. The molecule has 3 aliphatic heterocycles. The number of halogens is 4. The lowest BCUT2D eigenvalue weighted by Crippen LogP contribution is -2.34. The Balaban J connectivity index is 1.31. The van der Waals surface area contributed by atoms with Crippen LogP contribution in [0.4, 0.5) is 17.6 Å². The normalized spacial score (nSPS) is 28.2. The van der Waals surface area contributed by atoms with E-state index < -0.39 is 47.9 Å². The van der Waals surface area contributed by atoms with Crippen molar-refractivity contribution in [1.82, 2.24) is 15.0 Å². The zero-order valence-electron chi connectivity index (χ0n) is 17.5. The molecule has 6 rings (SSSR count). The number of nitrogens with one attached hydrogen (secondary N) is 1. The maximum Gasteiger partial charge on any atom is 0.418 e. The topological polar surface area (TPSA) is 98.7 Å². The van der Waals surface area contributed by atoms with Crippen LogP contribution in [0.5, 0.6) is 11.8 Å². The summed E-state index contributed by atoms with van der Waals surface area (Å²) in [5, 5.41) is 9.85. The Morgan fingerprint density at radius 3 is 2.76 bits per heavy atom. The molecular formula is C22H19F4N3O5. The lowest BCUT2D eigenvalue weighted by molar-refractivity contribution is -0.138. The molecule has 0 saturated carbocycles. The Hall–Kier alpha value is -2.96. The number of fused-ring (bicyclic) bond motifs is 3. The van der Waals surface area contributed by atoms with Gasteiger partial charge in [-0.3, -0.25) is 0 Å². The van der Waals surface area contributed by atoms with Gasteiger partial charge in [0.2, 0.25) is 0 Å². The van der Waals surface area contributed by atoms with Gasteiger partial charge in [0.05, 0.1) is 36.6 Å². The van der Waals surface area contributed by atoms with Crippen molar-refractivity contribution < 1.29 is 41.6 Å². The summed E-state index contributed by atoms with van der Waals surface area (Å²) in [7, 11) is 0. The number of aromatic amines is 1. The van der Waals surface area contributed by atoms with Crippen molar-refractivity contribution in [3.05, 3.63) is 46.9 Å². The second-order valence-electron chi connectivity index (χ2n) is 8.58. The van der Waals surface area contributed by atoms with E-state index >= 15 is 0 Å².